The number of halogens is 1. The number of ether oxygens (including phenoxy) is 1. The number of carboxylic acid groups (broad SMARTS) is 1. The Hall–Kier alpha value is -2.29. The van der Waals surface area contributed by atoms with E-state index < -0.39 is 24.5 Å². The molecule has 0 aliphatic carbocycles. The molecule has 0 unspecified atom stereocenters. The Bertz CT molecular complexity index is 550. The molecule has 4 N–H and O–H groups in total. The summed E-state index contributed by atoms with van der Waals surface area (Å²) < 4.78 is 5.82. The highest BCUT2D eigenvalue weighted by atomic mass is 79.9. The molecule has 0 saturated carbocycles. The van der Waals surface area contributed by atoms with E-state index in [1.165, 1.54) is 7.11 Å². The standard InChI is InChI=1S/C12H14BrN3O5/c1-21-9-4-7(2-3-8(9)13)16-12(20)15-5-10(17)14-6-11(18)19/h2-4H,5-6H2,1H3,(H,14,17)(H,18,19)(H2,15,16,20). The van der Waals surface area contributed by atoms with Crippen LogP contribution in [-0.2, 0) is 9.59 Å². The Kier molecular flexibility index (Phi) is 6.47. The lowest BCUT2D eigenvalue weighted by Crippen LogP contribution is -2.40. The van der Waals surface area contributed by atoms with Gasteiger partial charge in [-0.3, -0.25) is 9.59 Å². The second kappa shape index (κ2) is 8.10. The zero-order valence-electron chi connectivity index (χ0n) is 11.1. The van der Waals surface area contributed by atoms with E-state index in [2.05, 4.69) is 31.9 Å². The minimum Gasteiger partial charge on any atom is -0.495 e. The molecule has 0 atom stereocenters. The third-order valence-corrected chi connectivity index (χ3v) is 2.91. The zero-order chi connectivity index (χ0) is 15.8. The second-order valence-corrected chi connectivity index (χ2v) is 4.68. The number of carbonyl (C=O) groups is 3. The maximum atomic E-state index is 11.6. The van der Waals surface area contributed by atoms with Gasteiger partial charge in [-0.2, -0.15) is 0 Å². The molecule has 1 aromatic rings. The van der Waals surface area contributed by atoms with Crippen molar-refractivity contribution >= 4 is 39.5 Å². The number of urea groups is 1. The van der Waals surface area contributed by atoms with E-state index in [0.717, 1.165) is 4.47 Å². The largest absolute Gasteiger partial charge is 0.495 e. The van der Waals surface area contributed by atoms with Crippen molar-refractivity contribution in [2.45, 2.75) is 0 Å². The third kappa shape index (κ3) is 6.13. The van der Waals surface area contributed by atoms with E-state index in [9.17, 15) is 14.4 Å². The Morgan fingerprint density at radius 2 is 1.95 bits per heavy atom. The van der Waals surface area contributed by atoms with E-state index in [0.29, 0.717) is 11.4 Å². The highest BCUT2D eigenvalue weighted by Crippen LogP contribution is 2.27. The molecule has 0 heterocycles. The highest BCUT2D eigenvalue weighted by molar-refractivity contribution is 9.10. The van der Waals surface area contributed by atoms with Crippen LogP contribution in [0.25, 0.3) is 0 Å². The van der Waals surface area contributed by atoms with Crippen molar-refractivity contribution in [1.29, 1.82) is 0 Å². The predicted octanol–water partition coefficient (Wildman–Crippen LogP) is 0.780. The molecule has 0 spiro atoms. The molecule has 0 bridgehead atoms. The number of hydrogen-bond acceptors (Lipinski definition) is 4. The molecule has 21 heavy (non-hydrogen) atoms. The number of methoxy groups -OCH3 is 1. The predicted molar refractivity (Wildman–Crippen MR) is 78.4 cm³/mol. The van der Waals surface area contributed by atoms with E-state index in [1.807, 2.05) is 0 Å². The van der Waals surface area contributed by atoms with Crippen LogP contribution in [0.2, 0.25) is 0 Å². The Balaban J connectivity index is 2.43. The first-order chi connectivity index (χ1) is 9.92. The van der Waals surface area contributed by atoms with Gasteiger partial charge in [-0.1, -0.05) is 0 Å². The third-order valence-electron chi connectivity index (χ3n) is 2.26. The zero-order valence-corrected chi connectivity index (χ0v) is 12.7. The van der Waals surface area contributed by atoms with Crippen molar-refractivity contribution in [2.24, 2.45) is 0 Å². The normalized spacial score (nSPS) is 9.62. The van der Waals surface area contributed by atoms with Crippen LogP contribution < -0.4 is 20.7 Å². The van der Waals surface area contributed by atoms with Gasteiger partial charge >= 0.3 is 12.0 Å². The molecule has 0 fully saturated rings. The molecule has 0 radical (unpaired) electrons. The van der Waals surface area contributed by atoms with Crippen LogP contribution >= 0.6 is 15.9 Å². The Morgan fingerprint density at radius 1 is 1.24 bits per heavy atom. The van der Waals surface area contributed by atoms with E-state index in [-0.39, 0.29) is 6.54 Å². The fourth-order valence-corrected chi connectivity index (χ4v) is 1.72. The minimum absolute atomic E-state index is 0.327. The summed E-state index contributed by atoms with van der Waals surface area (Å²) in [7, 11) is 1.50. The van der Waals surface area contributed by atoms with E-state index >= 15 is 0 Å². The summed E-state index contributed by atoms with van der Waals surface area (Å²) in [6, 6.07) is 4.36. The number of aliphatic carboxylic acids is 1. The molecular formula is C12H14BrN3O5. The summed E-state index contributed by atoms with van der Waals surface area (Å²) in [5.74, 6) is -1.21. The van der Waals surface area contributed by atoms with Gasteiger partial charge in [0.2, 0.25) is 5.91 Å². The molecule has 0 aromatic heterocycles. The number of carboxylic acids is 1. The smallest absolute Gasteiger partial charge is 0.322 e. The van der Waals surface area contributed by atoms with Crippen molar-refractivity contribution in [2.75, 3.05) is 25.5 Å². The molecule has 0 aliphatic heterocycles. The summed E-state index contributed by atoms with van der Waals surface area (Å²) in [6.45, 7) is -0.821. The van der Waals surface area contributed by atoms with Gasteiger partial charge in [-0.05, 0) is 28.1 Å². The number of carbonyl (C=O) groups excluding carboxylic acids is 2. The lowest BCUT2D eigenvalue weighted by molar-refractivity contribution is -0.137. The molecule has 1 aromatic carbocycles. The molecule has 0 aliphatic rings. The monoisotopic (exact) mass is 359 g/mol. The number of benzene rings is 1. The fourth-order valence-electron chi connectivity index (χ4n) is 1.31. The van der Waals surface area contributed by atoms with Crippen molar-refractivity contribution in [3.63, 3.8) is 0 Å². The van der Waals surface area contributed by atoms with E-state index in [1.54, 1.807) is 18.2 Å². The van der Waals surface area contributed by atoms with E-state index in [4.69, 9.17) is 9.84 Å². The van der Waals surface area contributed by atoms with Crippen LogP contribution in [0.5, 0.6) is 5.75 Å². The molecule has 1 rings (SSSR count). The molecule has 3 amide bonds. The van der Waals surface area contributed by atoms with Gasteiger partial charge in [0.15, 0.2) is 0 Å². The summed E-state index contributed by atoms with van der Waals surface area (Å²) in [4.78, 5) is 33.0. The van der Waals surface area contributed by atoms with Gasteiger partial charge in [0.25, 0.3) is 0 Å². The lowest BCUT2D eigenvalue weighted by atomic mass is 10.3. The molecule has 8 nitrogen and oxygen atoms in total. The van der Waals surface area contributed by atoms with Crippen LogP contribution in [0.3, 0.4) is 0 Å². The summed E-state index contributed by atoms with van der Waals surface area (Å²) >= 11 is 3.28. The number of anilines is 1. The summed E-state index contributed by atoms with van der Waals surface area (Å²) in [6.07, 6.45) is 0. The fraction of sp³-hybridized carbons (Fsp3) is 0.250. The van der Waals surface area contributed by atoms with Gasteiger partial charge in [0, 0.05) is 11.8 Å². The van der Waals surface area contributed by atoms with Gasteiger partial charge in [0.1, 0.15) is 12.3 Å². The van der Waals surface area contributed by atoms with Gasteiger partial charge in [0.05, 0.1) is 18.1 Å². The maximum absolute atomic E-state index is 11.6. The second-order valence-electron chi connectivity index (χ2n) is 3.83. The lowest BCUT2D eigenvalue weighted by Gasteiger charge is -2.09. The van der Waals surface area contributed by atoms with Crippen molar-refractivity contribution in [3.05, 3.63) is 22.7 Å². The topological polar surface area (TPSA) is 117 Å². The van der Waals surface area contributed by atoms with Crippen molar-refractivity contribution < 1.29 is 24.2 Å². The quantitative estimate of drug-likeness (QED) is 0.598. The first-order valence-electron chi connectivity index (χ1n) is 5.79. The average molecular weight is 360 g/mol. The van der Waals surface area contributed by atoms with Crippen LogP contribution in [0.15, 0.2) is 22.7 Å². The van der Waals surface area contributed by atoms with Crippen LogP contribution in [0.1, 0.15) is 0 Å². The van der Waals surface area contributed by atoms with Crippen LogP contribution in [-0.4, -0.2) is 43.2 Å². The van der Waals surface area contributed by atoms with Gasteiger partial charge < -0.3 is 25.8 Å². The number of hydrogen-bond donors (Lipinski definition) is 4. The van der Waals surface area contributed by atoms with Crippen molar-refractivity contribution in [3.8, 4) is 5.75 Å². The molecule has 114 valence electrons. The summed E-state index contributed by atoms with van der Waals surface area (Å²) in [5, 5.41) is 15.3. The first-order valence-corrected chi connectivity index (χ1v) is 6.58. The minimum atomic E-state index is -1.16. The maximum Gasteiger partial charge on any atom is 0.322 e. The number of amides is 3. The first kappa shape index (κ1) is 16.8. The summed E-state index contributed by atoms with van der Waals surface area (Å²) in [5.41, 5.74) is 0.485. The van der Waals surface area contributed by atoms with Gasteiger partial charge in [-0.25, -0.2) is 4.79 Å². The Morgan fingerprint density at radius 3 is 2.57 bits per heavy atom. The average Bonchev–Trinajstić information content (AvgIpc) is 2.44. The van der Waals surface area contributed by atoms with Crippen LogP contribution in [0, 0.1) is 0 Å². The van der Waals surface area contributed by atoms with Crippen LogP contribution in [0.4, 0.5) is 10.5 Å². The van der Waals surface area contributed by atoms with Gasteiger partial charge in [-0.15, -0.1) is 0 Å². The molecular weight excluding hydrogens is 346 g/mol. The molecule has 0 saturated heterocycles. The number of nitrogens with one attached hydrogen (secondary N) is 3. The Labute approximate surface area is 129 Å². The number of rotatable bonds is 6. The highest BCUT2D eigenvalue weighted by Gasteiger charge is 2.08. The molecule has 9 heteroatoms. The SMILES string of the molecule is COc1cc(NC(=O)NCC(=O)NCC(=O)O)ccc1Br. The van der Waals surface area contributed by atoms with Crippen molar-refractivity contribution in [1.82, 2.24) is 10.6 Å².